The van der Waals surface area contributed by atoms with E-state index < -0.39 is 93.2 Å². The van der Waals surface area contributed by atoms with Gasteiger partial charge in [0.15, 0.2) is 16.8 Å². The summed E-state index contributed by atoms with van der Waals surface area (Å²) in [5.74, 6) is -3.40. The highest BCUT2D eigenvalue weighted by Gasteiger charge is 2.48. The van der Waals surface area contributed by atoms with Gasteiger partial charge in [-0.2, -0.15) is 26.3 Å². The molecule has 442 valence electrons. The number of alkyl halides is 7. The molecular weight excluding hydrogens is 1090 g/mol. The highest BCUT2D eigenvalue weighted by Crippen LogP contribution is 2.46. The normalized spacial score (nSPS) is 18.4. The van der Waals surface area contributed by atoms with E-state index in [4.69, 9.17) is 25.8 Å². The minimum Gasteiger partial charge on any atom is -0.476 e. The van der Waals surface area contributed by atoms with Gasteiger partial charge in [-0.25, -0.2) is 4.79 Å². The van der Waals surface area contributed by atoms with E-state index in [1.807, 2.05) is 0 Å². The topological polar surface area (TPSA) is 187 Å². The molecule has 4 aliphatic rings. The molecule has 1 aliphatic carbocycles. The number of nitrogens with one attached hydrogen (secondary N) is 2. The highest BCUT2D eigenvalue weighted by atomic mass is 35.5. The van der Waals surface area contributed by atoms with E-state index in [2.05, 4.69) is 10.6 Å². The summed E-state index contributed by atoms with van der Waals surface area (Å²) in [4.78, 5) is 96.9. The summed E-state index contributed by atoms with van der Waals surface area (Å²) in [7, 11) is 0. The molecule has 17 nitrogen and oxygen atoms in total. The number of likely N-dealkylation sites (tertiary alicyclic amines) is 1. The minimum absolute atomic E-state index is 0. The number of fused-ring (bicyclic) bond motifs is 2. The summed E-state index contributed by atoms with van der Waals surface area (Å²) in [5.41, 5.74) is -7.13. The lowest BCUT2D eigenvalue weighted by Crippen LogP contribution is -2.55. The largest absolute Gasteiger partial charge is 0.476 e. The average Bonchev–Trinajstić information content (AvgIpc) is 3.49. The van der Waals surface area contributed by atoms with E-state index in [0.717, 1.165) is 56.4 Å². The number of nitrogens with zero attached hydrogens (tertiary/aromatic N) is 5. The molecule has 25 heteroatoms. The van der Waals surface area contributed by atoms with Gasteiger partial charge in [-0.05, 0) is 112 Å². The molecular formula is C54H75Cl2F6N7O10. The monoisotopic (exact) mass is 1170 g/mol. The highest BCUT2D eigenvalue weighted by molar-refractivity contribution is 6.20. The lowest BCUT2D eigenvalue weighted by atomic mass is 9.92. The van der Waals surface area contributed by atoms with E-state index in [0.29, 0.717) is 19.4 Å². The van der Waals surface area contributed by atoms with Crippen molar-refractivity contribution in [2.45, 2.75) is 187 Å². The first-order valence-corrected chi connectivity index (χ1v) is 27.0. The molecule has 3 aliphatic heterocycles. The van der Waals surface area contributed by atoms with Crippen molar-refractivity contribution in [1.82, 2.24) is 25.3 Å². The number of amides is 7. The van der Waals surface area contributed by atoms with Gasteiger partial charge >= 0.3 is 18.4 Å². The first-order chi connectivity index (χ1) is 36.2. The third-order valence-corrected chi connectivity index (χ3v) is 14.0. The smallest absolute Gasteiger partial charge is 0.417 e. The number of halogens is 8. The van der Waals surface area contributed by atoms with Crippen LogP contribution in [-0.4, -0.2) is 136 Å². The summed E-state index contributed by atoms with van der Waals surface area (Å²) in [6, 6.07) is 2.18. The van der Waals surface area contributed by atoms with Crippen molar-refractivity contribution in [2.75, 3.05) is 49.1 Å². The van der Waals surface area contributed by atoms with Gasteiger partial charge in [-0.15, -0.1) is 12.4 Å². The molecule has 79 heavy (non-hydrogen) atoms. The van der Waals surface area contributed by atoms with Crippen LogP contribution in [0.5, 0.6) is 11.5 Å². The number of hydrogen-bond donors (Lipinski definition) is 2. The molecule has 2 aromatic rings. The second kappa shape index (κ2) is 26.7. The first-order valence-electron chi connectivity index (χ1n) is 26.6. The summed E-state index contributed by atoms with van der Waals surface area (Å²) >= 11 is 5.78. The number of carbonyl (C=O) groups is 7. The van der Waals surface area contributed by atoms with E-state index in [1.165, 1.54) is 54.2 Å². The fourth-order valence-corrected chi connectivity index (χ4v) is 10.3. The molecule has 0 spiro atoms. The second-order valence-electron chi connectivity index (χ2n) is 21.3. The summed E-state index contributed by atoms with van der Waals surface area (Å²) in [6.45, 7) is 18.2. The molecule has 0 radical (unpaired) electrons. The van der Waals surface area contributed by atoms with Crippen molar-refractivity contribution in [3.8, 4) is 11.5 Å². The molecule has 2 fully saturated rings. The predicted molar refractivity (Wildman–Crippen MR) is 287 cm³/mol. The molecule has 0 aromatic heterocycles. The van der Waals surface area contributed by atoms with Crippen molar-refractivity contribution < 1.29 is 74.1 Å². The van der Waals surface area contributed by atoms with Gasteiger partial charge in [0.2, 0.25) is 11.8 Å². The Bertz CT molecular complexity index is 2560. The van der Waals surface area contributed by atoms with Gasteiger partial charge in [0, 0.05) is 70.2 Å². The van der Waals surface area contributed by atoms with E-state index >= 15 is 0 Å². The van der Waals surface area contributed by atoms with Crippen LogP contribution in [0.4, 0.5) is 42.5 Å². The van der Waals surface area contributed by atoms with Crippen molar-refractivity contribution in [3.05, 3.63) is 46.5 Å². The van der Waals surface area contributed by atoms with Gasteiger partial charge in [-0.3, -0.25) is 28.8 Å². The minimum atomic E-state index is -4.92. The summed E-state index contributed by atoms with van der Waals surface area (Å²) < 4.78 is 102. The maximum absolute atomic E-state index is 14.4. The lowest BCUT2D eigenvalue weighted by Gasteiger charge is -2.42. The van der Waals surface area contributed by atoms with Crippen LogP contribution in [0.25, 0.3) is 0 Å². The van der Waals surface area contributed by atoms with Crippen LogP contribution in [-0.2, 0) is 36.3 Å². The van der Waals surface area contributed by atoms with Crippen molar-refractivity contribution in [1.29, 1.82) is 0 Å². The van der Waals surface area contributed by atoms with Crippen LogP contribution in [0.2, 0.25) is 0 Å². The predicted octanol–water partition coefficient (Wildman–Crippen LogP) is 10.1. The molecule has 1 unspecified atom stereocenters. The average molecular weight is 1170 g/mol. The number of benzene rings is 2. The summed E-state index contributed by atoms with van der Waals surface area (Å²) in [5, 5.41) is 5.33. The van der Waals surface area contributed by atoms with E-state index in [1.54, 1.807) is 46.4 Å². The quantitative estimate of drug-likeness (QED) is 0.128. The molecule has 2 atom stereocenters. The number of carbonyl (C=O) groups excluding carboxylic acids is 7. The SMILES string of the molecule is CCC(=O)NCCN1C(=O)C(C)(C)Oc2cc(C(F)(F)F)c(C(=O)N(C(C)C)C3CCCCC3)cc21.CCC(=O)NCCN1C(=O)C(C)(C)Oc2cc(C(F)(F)F)c(C(=O)N(C(C)C)[C@@H]3CCCN(C(=O)OC(C)Cl)C3)cc21.Cl. The Labute approximate surface area is 469 Å². The van der Waals surface area contributed by atoms with E-state index in [-0.39, 0.29) is 105 Å². The number of ether oxygens (including phenoxy) is 3. The Balaban J connectivity index is 0.000000340. The summed E-state index contributed by atoms with van der Waals surface area (Å²) in [6.07, 6.45) is -4.58. The van der Waals surface area contributed by atoms with Gasteiger partial charge in [0.05, 0.1) is 39.7 Å². The zero-order chi connectivity index (χ0) is 58.4. The van der Waals surface area contributed by atoms with Gasteiger partial charge < -0.3 is 49.3 Å². The zero-order valence-electron chi connectivity index (χ0n) is 46.7. The molecule has 2 aromatic carbocycles. The molecule has 2 N–H and O–H groups in total. The number of rotatable bonds is 15. The zero-order valence-corrected chi connectivity index (χ0v) is 48.2. The fraction of sp³-hybridized carbons (Fsp3) is 0.648. The fourth-order valence-electron chi connectivity index (χ4n) is 10.2. The molecule has 7 amide bonds. The second-order valence-corrected chi connectivity index (χ2v) is 22.0. The molecule has 3 heterocycles. The Morgan fingerprint density at radius 2 is 1.06 bits per heavy atom. The van der Waals surface area contributed by atoms with E-state index in [9.17, 15) is 59.9 Å². The third-order valence-electron chi connectivity index (χ3n) is 13.9. The molecule has 6 rings (SSSR count). The number of hydrogen-bond acceptors (Lipinski definition) is 10. The third kappa shape index (κ3) is 15.8. The van der Waals surface area contributed by atoms with Crippen molar-refractivity contribution in [2.24, 2.45) is 0 Å². The molecule has 1 saturated carbocycles. The first kappa shape index (κ1) is 65.8. The Kier molecular flexibility index (Phi) is 22.2. The van der Waals surface area contributed by atoms with Crippen LogP contribution >= 0.6 is 24.0 Å². The van der Waals surface area contributed by atoms with Gasteiger partial charge in [0.25, 0.3) is 23.6 Å². The Hall–Kier alpha value is -5.71. The van der Waals surface area contributed by atoms with Crippen molar-refractivity contribution in [3.63, 3.8) is 0 Å². The number of anilines is 2. The maximum atomic E-state index is 14.4. The maximum Gasteiger partial charge on any atom is 0.417 e. The lowest BCUT2D eigenvalue weighted by molar-refractivity contribution is -0.139. The Morgan fingerprint density at radius 3 is 1.43 bits per heavy atom. The van der Waals surface area contributed by atoms with Crippen LogP contribution < -0.4 is 29.9 Å². The van der Waals surface area contributed by atoms with Gasteiger partial charge in [-0.1, -0.05) is 44.7 Å². The molecule has 0 bridgehead atoms. The van der Waals surface area contributed by atoms with Crippen LogP contribution in [0, 0.1) is 0 Å². The van der Waals surface area contributed by atoms with Crippen molar-refractivity contribution >= 4 is 76.9 Å². The van der Waals surface area contributed by atoms with Gasteiger partial charge in [0.1, 0.15) is 11.5 Å². The van der Waals surface area contributed by atoms with Crippen LogP contribution in [0.1, 0.15) is 166 Å². The van der Waals surface area contributed by atoms with Crippen LogP contribution in [0.3, 0.4) is 0 Å². The Morgan fingerprint density at radius 1 is 0.671 bits per heavy atom. The van der Waals surface area contributed by atoms with Crippen LogP contribution in [0.15, 0.2) is 24.3 Å². The number of piperidine rings is 1. The standard InChI is InChI=1S/C28H38ClF3N4O6.C26H36F3N3O4.ClH/c1-7-23(37)33-10-12-35-21-13-19(20(28(30,31)32)14-22(21)42-27(5,6)25(35)39)24(38)36(16(2)3)18-9-8-11-34(15-18)26(40)41-17(4)29;1-6-22(33)30-12-13-31-20-14-18(23(34)32(16(2)3)17-10-8-7-9-11-17)19(26(27,28)29)15-21(20)36-25(4,5)24(31)35;/h13-14,16-18H,7-12,15H2,1-6H3,(H,33,37);14-17H,6-13H2,1-5H3,(H,30,33);1H/t17?,18-;;/m1../s1. The molecule has 1 saturated heterocycles.